The van der Waals surface area contributed by atoms with Crippen molar-refractivity contribution in [2.24, 2.45) is 0 Å². The van der Waals surface area contributed by atoms with Crippen molar-refractivity contribution in [2.45, 2.75) is 6.42 Å². The van der Waals surface area contributed by atoms with Gasteiger partial charge in [-0.3, -0.25) is 5.21 Å². The Morgan fingerprint density at radius 3 is 2.48 bits per heavy atom. The van der Waals surface area contributed by atoms with Gasteiger partial charge < -0.3 is 4.74 Å². The number of hydrogen-bond acceptors (Lipinski definition) is 3. The van der Waals surface area contributed by atoms with Crippen LogP contribution in [0.5, 0.6) is 0 Å². The summed E-state index contributed by atoms with van der Waals surface area (Å²) in [4.78, 5) is 5.15. The summed E-state index contributed by atoms with van der Waals surface area (Å²) in [5.74, 6) is 0.379. The normalized spacial score (nSPS) is 11.9. The van der Waals surface area contributed by atoms with E-state index in [0.29, 0.717) is 23.6 Å². The van der Waals surface area contributed by atoms with Crippen LogP contribution in [0.1, 0.15) is 6.42 Å². The van der Waals surface area contributed by atoms with Gasteiger partial charge in [-0.25, -0.2) is 4.84 Å². The van der Waals surface area contributed by atoms with Gasteiger partial charge in [0.1, 0.15) is 0 Å². The van der Waals surface area contributed by atoms with E-state index in [-0.39, 0.29) is 0 Å². The standard InChI is InChI=1S/C18H21N2O3/c1-5-8-17(13(2)22-3)20(21)18-12-15-10-7-6-9-14(15)11-16(18)19-23-4/h5-7,9-12,19,21H,1-2,8H2,3-4H3/q+1/p+1/b20-17-. The Morgan fingerprint density at radius 2 is 1.91 bits per heavy atom. The van der Waals surface area contributed by atoms with Crippen molar-refractivity contribution in [1.29, 1.82) is 0 Å². The van der Waals surface area contributed by atoms with Crippen LogP contribution in [0.4, 0.5) is 11.4 Å². The van der Waals surface area contributed by atoms with Gasteiger partial charge in [-0.05, 0) is 17.4 Å². The predicted molar refractivity (Wildman–Crippen MR) is 90.2 cm³/mol. The molecule has 0 saturated heterocycles. The summed E-state index contributed by atoms with van der Waals surface area (Å²) in [5, 5.41) is 12.8. The Hall–Kier alpha value is -2.63. The third kappa shape index (κ3) is 3.59. The molecule has 0 unspecified atom stereocenters. The highest BCUT2D eigenvalue weighted by atomic mass is 16.6. The zero-order valence-corrected chi connectivity index (χ0v) is 13.5. The van der Waals surface area contributed by atoms with Crippen molar-refractivity contribution >= 4 is 27.9 Å². The first kappa shape index (κ1) is 16.7. The lowest BCUT2D eigenvalue weighted by atomic mass is 10.1. The second-order valence-electron chi connectivity index (χ2n) is 4.99. The number of hydrogen-bond donors (Lipinski definition) is 2. The number of benzene rings is 2. The van der Waals surface area contributed by atoms with Crippen molar-refractivity contribution in [3.05, 3.63) is 61.4 Å². The van der Waals surface area contributed by atoms with E-state index in [1.807, 2.05) is 36.4 Å². The number of nitrogens with two attached hydrogens (primary N) is 1. The highest BCUT2D eigenvalue weighted by molar-refractivity contribution is 5.96. The minimum Gasteiger partial charge on any atom is -0.491 e. The Labute approximate surface area is 135 Å². The van der Waals surface area contributed by atoms with Gasteiger partial charge in [0.25, 0.3) is 5.71 Å². The molecule has 0 atom stereocenters. The molecular formula is C18H22N2O3+2. The second kappa shape index (κ2) is 7.58. The van der Waals surface area contributed by atoms with E-state index in [0.717, 1.165) is 21.2 Å². The van der Waals surface area contributed by atoms with Crippen molar-refractivity contribution in [3.63, 3.8) is 0 Å². The van der Waals surface area contributed by atoms with Gasteiger partial charge in [0.05, 0.1) is 20.6 Å². The maximum absolute atomic E-state index is 10.7. The predicted octanol–water partition coefficient (Wildman–Crippen LogP) is 2.81. The Balaban J connectivity index is 2.69. The van der Waals surface area contributed by atoms with Crippen molar-refractivity contribution in [3.8, 4) is 0 Å². The summed E-state index contributed by atoms with van der Waals surface area (Å²) < 4.78 is 6.25. The molecule has 0 aliphatic rings. The van der Waals surface area contributed by atoms with Gasteiger partial charge in [-0.2, -0.15) is 5.48 Å². The number of rotatable bonds is 7. The number of quaternary nitrogens is 1. The lowest BCUT2D eigenvalue weighted by Crippen LogP contribution is -2.76. The van der Waals surface area contributed by atoms with Crippen LogP contribution < -0.4 is 5.48 Å². The molecule has 0 saturated carbocycles. The molecule has 2 aromatic rings. The third-order valence-electron chi connectivity index (χ3n) is 3.53. The number of methoxy groups -OCH3 is 1. The number of allylic oxidation sites excluding steroid dienone is 2. The fourth-order valence-electron chi connectivity index (χ4n) is 2.37. The molecule has 0 fully saturated rings. The van der Waals surface area contributed by atoms with E-state index < -0.39 is 0 Å². The van der Waals surface area contributed by atoms with Crippen LogP contribution in [-0.4, -0.2) is 29.9 Å². The SMILES string of the molecule is C=CC/C(C(=C)OC)=[N+](/O)c1cc2ccccc2cc1[NH2+]OC. The molecule has 120 valence electrons. The van der Waals surface area contributed by atoms with E-state index in [1.165, 1.54) is 7.11 Å². The molecule has 2 aromatic carbocycles. The highest BCUT2D eigenvalue weighted by Crippen LogP contribution is 2.27. The molecule has 2 rings (SSSR count). The van der Waals surface area contributed by atoms with Gasteiger partial charge in [0.15, 0.2) is 5.76 Å². The lowest BCUT2D eigenvalue weighted by molar-refractivity contribution is -0.834. The van der Waals surface area contributed by atoms with Gasteiger partial charge in [-0.15, -0.1) is 6.58 Å². The molecule has 0 aliphatic carbocycles. The molecule has 0 amide bonds. The van der Waals surface area contributed by atoms with Gasteiger partial charge in [0, 0.05) is 16.9 Å². The minimum atomic E-state index is 0.379. The summed E-state index contributed by atoms with van der Waals surface area (Å²) >= 11 is 0. The van der Waals surface area contributed by atoms with Gasteiger partial charge in [-0.1, -0.05) is 30.3 Å². The third-order valence-corrected chi connectivity index (χ3v) is 3.53. The summed E-state index contributed by atoms with van der Waals surface area (Å²) in [6, 6.07) is 11.8. The van der Waals surface area contributed by atoms with Crippen molar-refractivity contribution < 1.29 is 25.0 Å². The quantitative estimate of drug-likeness (QED) is 0.157. The van der Waals surface area contributed by atoms with Crippen LogP contribution >= 0.6 is 0 Å². The van der Waals surface area contributed by atoms with E-state index in [9.17, 15) is 5.21 Å². The zero-order valence-electron chi connectivity index (χ0n) is 13.5. The average molecular weight is 314 g/mol. The minimum absolute atomic E-state index is 0.379. The van der Waals surface area contributed by atoms with Gasteiger partial charge in [0.2, 0.25) is 5.69 Å². The van der Waals surface area contributed by atoms with E-state index in [1.54, 1.807) is 18.7 Å². The number of fused-ring (bicyclic) bond motifs is 1. The van der Waals surface area contributed by atoms with Gasteiger partial charge >= 0.3 is 5.69 Å². The molecule has 0 aromatic heterocycles. The van der Waals surface area contributed by atoms with E-state index >= 15 is 0 Å². The molecule has 0 bridgehead atoms. The van der Waals surface area contributed by atoms with Crippen LogP contribution in [0.2, 0.25) is 0 Å². The maximum Gasteiger partial charge on any atom is 0.321 e. The molecule has 5 heteroatoms. The molecule has 0 aliphatic heterocycles. The zero-order chi connectivity index (χ0) is 16.8. The first-order valence-corrected chi connectivity index (χ1v) is 7.20. The number of nitrogens with zero attached hydrogens (tertiary/aromatic N) is 1. The van der Waals surface area contributed by atoms with Crippen molar-refractivity contribution in [2.75, 3.05) is 14.2 Å². The smallest absolute Gasteiger partial charge is 0.321 e. The van der Waals surface area contributed by atoms with Crippen LogP contribution in [-0.2, 0) is 9.57 Å². The molecular weight excluding hydrogens is 292 g/mol. The van der Waals surface area contributed by atoms with E-state index in [2.05, 4.69) is 13.2 Å². The molecule has 0 heterocycles. The Morgan fingerprint density at radius 1 is 1.26 bits per heavy atom. The summed E-state index contributed by atoms with van der Waals surface area (Å²) in [7, 11) is 3.09. The first-order valence-electron chi connectivity index (χ1n) is 7.20. The lowest BCUT2D eigenvalue weighted by Gasteiger charge is -2.06. The van der Waals surface area contributed by atoms with Crippen LogP contribution in [0.25, 0.3) is 10.8 Å². The van der Waals surface area contributed by atoms with Crippen molar-refractivity contribution in [1.82, 2.24) is 0 Å². The topological polar surface area (TPSA) is 58.3 Å². The van der Waals surface area contributed by atoms with Crippen LogP contribution in [0.3, 0.4) is 0 Å². The summed E-state index contributed by atoms with van der Waals surface area (Å²) in [6.45, 7) is 7.54. The largest absolute Gasteiger partial charge is 0.491 e. The molecule has 3 N–H and O–H groups in total. The van der Waals surface area contributed by atoms with Crippen LogP contribution in [0.15, 0.2) is 61.4 Å². The highest BCUT2D eigenvalue weighted by Gasteiger charge is 2.26. The fourth-order valence-corrected chi connectivity index (χ4v) is 2.37. The van der Waals surface area contributed by atoms with Crippen LogP contribution in [0, 0.1) is 0 Å². The van der Waals surface area contributed by atoms with E-state index in [4.69, 9.17) is 9.57 Å². The average Bonchev–Trinajstić information content (AvgIpc) is 2.58. The second-order valence-corrected chi connectivity index (χ2v) is 4.99. The Kier molecular flexibility index (Phi) is 5.51. The first-order chi connectivity index (χ1) is 11.1. The molecule has 0 spiro atoms. The summed E-state index contributed by atoms with van der Waals surface area (Å²) in [5.41, 5.74) is 3.44. The maximum atomic E-state index is 10.7. The molecule has 5 nitrogen and oxygen atoms in total. The Bertz CT molecular complexity index is 766. The summed E-state index contributed by atoms with van der Waals surface area (Å²) in [6.07, 6.45) is 2.10. The fraction of sp³-hybridized carbons (Fsp3) is 0.167. The molecule has 23 heavy (non-hydrogen) atoms. The monoisotopic (exact) mass is 314 g/mol. The molecule has 0 radical (unpaired) electrons. The number of ether oxygens (including phenoxy) is 1.